The number of hydrogen-bond donors (Lipinski definition) is 3. The predicted octanol–water partition coefficient (Wildman–Crippen LogP) is 5.45. The molecule has 7 nitrogen and oxygen atoms in total. The fraction of sp³-hybridized carbons (Fsp3) is 0.258. The topological polar surface area (TPSA) is 93.9 Å². The highest BCUT2D eigenvalue weighted by Crippen LogP contribution is 2.37. The molecule has 0 saturated carbocycles. The number of aromatic nitrogens is 3. The van der Waals surface area contributed by atoms with Crippen LogP contribution in [0.3, 0.4) is 0 Å². The van der Waals surface area contributed by atoms with E-state index in [9.17, 15) is 9.59 Å². The van der Waals surface area contributed by atoms with Gasteiger partial charge in [-0.25, -0.2) is 4.98 Å². The Balaban J connectivity index is 1.38. The predicted molar refractivity (Wildman–Crippen MR) is 152 cm³/mol. The van der Waals surface area contributed by atoms with Crippen LogP contribution in [0.25, 0.3) is 44.5 Å². The molecule has 5 heterocycles. The summed E-state index contributed by atoms with van der Waals surface area (Å²) in [5.41, 5.74) is 6.36. The Morgan fingerprint density at radius 2 is 1.71 bits per heavy atom. The minimum Gasteiger partial charge on any atom is -0.379 e. The minimum atomic E-state index is -0.176. The van der Waals surface area contributed by atoms with E-state index in [0.717, 1.165) is 58.4 Å². The maximum atomic E-state index is 13.7. The zero-order valence-electron chi connectivity index (χ0n) is 21.3. The van der Waals surface area contributed by atoms with Crippen LogP contribution in [0.15, 0.2) is 71.5 Å². The molecule has 0 unspecified atom stereocenters. The first kappa shape index (κ1) is 22.9. The van der Waals surface area contributed by atoms with Crippen molar-refractivity contribution in [1.82, 2.24) is 19.9 Å². The Labute approximate surface area is 219 Å². The zero-order chi connectivity index (χ0) is 25.8. The van der Waals surface area contributed by atoms with Crippen molar-refractivity contribution in [2.45, 2.75) is 25.8 Å². The van der Waals surface area contributed by atoms with E-state index in [0.29, 0.717) is 22.9 Å². The molecule has 3 fully saturated rings. The van der Waals surface area contributed by atoms with Crippen LogP contribution in [0.1, 0.15) is 30.1 Å². The Bertz CT molecular complexity index is 1710. The monoisotopic (exact) mass is 503 g/mol. The van der Waals surface area contributed by atoms with Crippen molar-refractivity contribution < 1.29 is 4.79 Å². The Morgan fingerprint density at radius 1 is 0.947 bits per heavy atom. The highest BCUT2D eigenvalue weighted by atomic mass is 16.1. The van der Waals surface area contributed by atoms with E-state index in [1.807, 2.05) is 54.6 Å². The zero-order valence-corrected chi connectivity index (χ0v) is 21.3. The first-order valence-corrected chi connectivity index (χ1v) is 13.3. The number of pyridine rings is 1. The van der Waals surface area contributed by atoms with Crippen LogP contribution < -0.4 is 10.9 Å². The second-order valence-electron chi connectivity index (χ2n) is 10.6. The van der Waals surface area contributed by atoms with E-state index in [4.69, 9.17) is 4.98 Å². The van der Waals surface area contributed by atoms with Crippen molar-refractivity contribution in [1.29, 1.82) is 0 Å². The minimum absolute atomic E-state index is 0.0426. The number of carbonyl (C=O) groups excluding carboxylic acids is 1. The van der Waals surface area contributed by atoms with E-state index in [1.165, 1.54) is 12.8 Å². The number of Topliss-reactive ketones (excluding diaryl/α,β-unsaturated/α-hetero) is 1. The quantitative estimate of drug-likeness (QED) is 0.278. The van der Waals surface area contributed by atoms with E-state index in [1.54, 1.807) is 6.92 Å². The maximum absolute atomic E-state index is 13.7. The largest absolute Gasteiger partial charge is 0.379 e. The summed E-state index contributed by atoms with van der Waals surface area (Å²) in [6, 6.07) is 21.9. The number of nitrogens with zero attached hydrogens (tertiary/aromatic N) is 2. The lowest BCUT2D eigenvalue weighted by Crippen LogP contribution is -2.53. The van der Waals surface area contributed by atoms with Gasteiger partial charge in [0.15, 0.2) is 5.78 Å². The molecule has 0 amide bonds. The summed E-state index contributed by atoms with van der Waals surface area (Å²) in [6.07, 6.45) is 2.36. The SMILES string of the molecule is CC(=O)c1ccc(-c2ccc3c(N[C@H]4CN5CCC4CC5)c(-c4nc5ccccc5[nH]4)c(=O)[nH]c3c2)cc1. The molecule has 38 heavy (non-hydrogen) atoms. The molecule has 3 aliphatic rings. The highest BCUT2D eigenvalue weighted by molar-refractivity contribution is 6.01. The molecule has 190 valence electrons. The third-order valence-corrected chi connectivity index (χ3v) is 8.25. The summed E-state index contributed by atoms with van der Waals surface area (Å²) in [5, 5.41) is 4.79. The lowest BCUT2D eigenvalue weighted by Gasteiger charge is -2.45. The van der Waals surface area contributed by atoms with Gasteiger partial charge in [0.25, 0.3) is 5.56 Å². The molecule has 3 aliphatic heterocycles. The molecule has 7 heteroatoms. The van der Waals surface area contributed by atoms with Gasteiger partial charge in [-0.1, -0.05) is 48.5 Å². The molecule has 0 spiro atoms. The van der Waals surface area contributed by atoms with Gasteiger partial charge in [0, 0.05) is 23.5 Å². The standard InChI is InChI=1S/C31H29N5O2/c1-18(37)19-6-8-20(9-7-19)22-10-11-23-26(16-22)35-31(38)28(30-33-24-4-2-3-5-25(24)34-30)29(23)32-27-17-36-14-12-21(27)13-15-36/h2-11,16,21,27H,12-15,17H2,1H3,(H,33,34)(H2,32,35,38)/t27-/m0/s1. The van der Waals surface area contributed by atoms with Gasteiger partial charge < -0.3 is 20.2 Å². The number of piperidine rings is 3. The second kappa shape index (κ2) is 8.96. The molecule has 5 aromatic rings. The van der Waals surface area contributed by atoms with Gasteiger partial charge in [-0.2, -0.15) is 0 Å². The number of anilines is 1. The number of fused-ring (bicyclic) bond motifs is 5. The van der Waals surface area contributed by atoms with E-state index in [-0.39, 0.29) is 17.4 Å². The average molecular weight is 504 g/mol. The van der Waals surface area contributed by atoms with Crippen molar-refractivity contribution in [3.05, 3.63) is 82.6 Å². The molecule has 3 N–H and O–H groups in total. The Hall–Kier alpha value is -4.23. The number of aromatic amines is 2. The molecule has 0 radical (unpaired) electrons. The van der Waals surface area contributed by atoms with Crippen molar-refractivity contribution >= 4 is 33.4 Å². The number of imidazole rings is 1. The van der Waals surface area contributed by atoms with Gasteiger partial charge in [-0.15, -0.1) is 0 Å². The van der Waals surface area contributed by atoms with Crippen LogP contribution in [0.2, 0.25) is 0 Å². The normalized spacial score (nSPS) is 20.7. The first-order chi connectivity index (χ1) is 18.5. The number of ketones is 1. The number of para-hydroxylation sites is 2. The van der Waals surface area contributed by atoms with Crippen LogP contribution in [0.5, 0.6) is 0 Å². The van der Waals surface area contributed by atoms with E-state index < -0.39 is 0 Å². The average Bonchev–Trinajstić information content (AvgIpc) is 3.37. The van der Waals surface area contributed by atoms with Crippen molar-refractivity contribution in [3.63, 3.8) is 0 Å². The summed E-state index contributed by atoms with van der Waals surface area (Å²) in [6.45, 7) is 4.86. The summed E-state index contributed by atoms with van der Waals surface area (Å²) in [7, 11) is 0. The number of benzene rings is 3. The summed E-state index contributed by atoms with van der Waals surface area (Å²) in [5.74, 6) is 1.21. The molecule has 2 aromatic heterocycles. The molecule has 3 saturated heterocycles. The van der Waals surface area contributed by atoms with Crippen LogP contribution in [0.4, 0.5) is 5.69 Å². The Morgan fingerprint density at radius 3 is 2.42 bits per heavy atom. The molecule has 0 aliphatic carbocycles. The van der Waals surface area contributed by atoms with Crippen LogP contribution >= 0.6 is 0 Å². The third-order valence-electron chi connectivity index (χ3n) is 8.25. The number of rotatable bonds is 5. The van der Waals surface area contributed by atoms with Crippen LogP contribution in [-0.4, -0.2) is 51.3 Å². The first-order valence-electron chi connectivity index (χ1n) is 13.3. The van der Waals surface area contributed by atoms with Crippen molar-refractivity contribution in [2.24, 2.45) is 5.92 Å². The van der Waals surface area contributed by atoms with Gasteiger partial charge in [0.05, 0.1) is 22.2 Å². The highest BCUT2D eigenvalue weighted by Gasteiger charge is 2.35. The molecular weight excluding hydrogens is 474 g/mol. The summed E-state index contributed by atoms with van der Waals surface area (Å²) in [4.78, 5) is 39.2. The molecule has 8 rings (SSSR count). The van der Waals surface area contributed by atoms with Crippen molar-refractivity contribution in [2.75, 3.05) is 25.0 Å². The number of nitrogens with one attached hydrogen (secondary N) is 3. The number of carbonyl (C=O) groups is 1. The van der Waals surface area contributed by atoms with Gasteiger partial charge in [0.1, 0.15) is 11.4 Å². The smallest absolute Gasteiger partial charge is 0.261 e. The molecule has 2 bridgehead atoms. The summed E-state index contributed by atoms with van der Waals surface area (Å²) < 4.78 is 0. The molecular formula is C31H29N5O2. The third kappa shape index (κ3) is 3.90. The lowest BCUT2D eigenvalue weighted by atomic mass is 9.83. The molecule has 1 atom stereocenters. The summed E-state index contributed by atoms with van der Waals surface area (Å²) >= 11 is 0. The van der Waals surface area contributed by atoms with Crippen molar-refractivity contribution in [3.8, 4) is 22.5 Å². The fourth-order valence-corrected chi connectivity index (χ4v) is 6.14. The van der Waals surface area contributed by atoms with E-state index >= 15 is 0 Å². The number of H-pyrrole nitrogens is 2. The fourth-order valence-electron chi connectivity index (χ4n) is 6.14. The second-order valence-corrected chi connectivity index (χ2v) is 10.6. The molecule has 3 aromatic carbocycles. The van der Waals surface area contributed by atoms with Gasteiger partial charge in [-0.3, -0.25) is 9.59 Å². The maximum Gasteiger partial charge on any atom is 0.261 e. The van der Waals surface area contributed by atoms with Crippen LogP contribution in [0, 0.1) is 5.92 Å². The Kier molecular flexibility index (Phi) is 5.40. The van der Waals surface area contributed by atoms with Crippen LogP contribution in [-0.2, 0) is 0 Å². The van der Waals surface area contributed by atoms with Gasteiger partial charge in [0.2, 0.25) is 0 Å². The number of hydrogen-bond acceptors (Lipinski definition) is 5. The van der Waals surface area contributed by atoms with Gasteiger partial charge in [-0.05, 0) is 68.1 Å². The van der Waals surface area contributed by atoms with Gasteiger partial charge >= 0.3 is 0 Å². The van der Waals surface area contributed by atoms with E-state index in [2.05, 4.69) is 32.3 Å². The lowest BCUT2D eigenvalue weighted by molar-refractivity contribution is 0.0976.